The fourth-order valence-corrected chi connectivity index (χ4v) is 0.241. The standard InChI is InChI=1S/C6H7NO3/c1-5(7-2)6(8)10-4-9-3/h1,4H2,3H3. The van der Waals surface area contributed by atoms with Crippen molar-refractivity contribution in [3.8, 4) is 0 Å². The van der Waals surface area contributed by atoms with E-state index in [-0.39, 0.29) is 12.5 Å². The predicted molar refractivity (Wildman–Crippen MR) is 33.7 cm³/mol. The third-order valence-electron chi connectivity index (χ3n) is 0.678. The molecule has 0 aliphatic carbocycles. The van der Waals surface area contributed by atoms with Gasteiger partial charge in [0.2, 0.25) is 0 Å². The molecule has 0 aromatic rings. The van der Waals surface area contributed by atoms with Crippen LogP contribution in [0.15, 0.2) is 12.3 Å². The van der Waals surface area contributed by atoms with Crippen molar-refractivity contribution in [1.82, 2.24) is 0 Å². The minimum Gasteiger partial charge on any atom is -0.443 e. The Hall–Kier alpha value is -1.34. The smallest absolute Gasteiger partial charge is 0.337 e. The molecule has 0 saturated carbocycles. The molecule has 4 heteroatoms. The first-order chi connectivity index (χ1) is 4.72. The first-order valence-electron chi connectivity index (χ1n) is 2.44. The normalized spacial score (nSPS) is 8.00. The monoisotopic (exact) mass is 141 g/mol. The Kier molecular flexibility index (Phi) is 3.92. The maximum absolute atomic E-state index is 10.5. The third kappa shape index (κ3) is 2.84. The number of nitrogens with zero attached hydrogens (tertiary/aromatic N) is 1. The highest BCUT2D eigenvalue weighted by atomic mass is 16.7. The van der Waals surface area contributed by atoms with E-state index in [0.29, 0.717) is 0 Å². The molecular formula is C6H7NO3. The van der Waals surface area contributed by atoms with Crippen LogP contribution in [-0.2, 0) is 14.3 Å². The molecule has 0 N–H and O–H groups in total. The van der Waals surface area contributed by atoms with Crippen LogP contribution in [0.3, 0.4) is 0 Å². The van der Waals surface area contributed by atoms with Crippen LogP contribution in [0.25, 0.3) is 4.85 Å². The summed E-state index contributed by atoms with van der Waals surface area (Å²) in [7, 11) is 1.38. The van der Waals surface area contributed by atoms with Crippen LogP contribution in [-0.4, -0.2) is 19.9 Å². The predicted octanol–water partition coefficient (Wildman–Crippen LogP) is 0.566. The van der Waals surface area contributed by atoms with E-state index in [1.807, 2.05) is 0 Å². The summed E-state index contributed by atoms with van der Waals surface area (Å²) in [6.45, 7) is 9.35. The van der Waals surface area contributed by atoms with Gasteiger partial charge in [-0.1, -0.05) is 6.58 Å². The van der Waals surface area contributed by atoms with Gasteiger partial charge >= 0.3 is 5.97 Å². The van der Waals surface area contributed by atoms with Crippen molar-refractivity contribution in [1.29, 1.82) is 0 Å². The van der Waals surface area contributed by atoms with Gasteiger partial charge < -0.3 is 9.47 Å². The first kappa shape index (κ1) is 8.66. The number of hydrogen-bond acceptors (Lipinski definition) is 3. The van der Waals surface area contributed by atoms with Gasteiger partial charge in [0, 0.05) is 7.11 Å². The number of hydrogen-bond donors (Lipinski definition) is 0. The minimum absolute atomic E-state index is 0.145. The zero-order chi connectivity index (χ0) is 7.98. The molecular weight excluding hydrogens is 134 g/mol. The third-order valence-corrected chi connectivity index (χ3v) is 0.678. The molecule has 0 aliphatic rings. The van der Waals surface area contributed by atoms with Crippen molar-refractivity contribution in [3.63, 3.8) is 0 Å². The first-order valence-corrected chi connectivity index (χ1v) is 2.44. The van der Waals surface area contributed by atoms with Crippen LogP contribution in [0.5, 0.6) is 0 Å². The number of carbonyl (C=O) groups excluding carboxylic acids is 1. The summed E-state index contributed by atoms with van der Waals surface area (Å²) < 4.78 is 8.79. The lowest BCUT2D eigenvalue weighted by atomic mass is 10.5. The van der Waals surface area contributed by atoms with E-state index in [2.05, 4.69) is 20.9 Å². The van der Waals surface area contributed by atoms with Gasteiger partial charge in [-0.2, -0.15) is 0 Å². The largest absolute Gasteiger partial charge is 0.443 e. The van der Waals surface area contributed by atoms with Crippen LogP contribution in [0.2, 0.25) is 0 Å². The zero-order valence-electron chi connectivity index (χ0n) is 5.59. The minimum atomic E-state index is -0.739. The number of methoxy groups -OCH3 is 1. The summed E-state index contributed by atoms with van der Waals surface area (Å²) in [5.41, 5.74) is -0.239. The quantitative estimate of drug-likeness (QED) is 0.249. The maximum atomic E-state index is 10.5. The maximum Gasteiger partial charge on any atom is 0.337 e. The van der Waals surface area contributed by atoms with E-state index >= 15 is 0 Å². The highest BCUT2D eigenvalue weighted by molar-refractivity contribution is 5.89. The molecule has 0 amide bonds. The number of ether oxygens (including phenoxy) is 2. The van der Waals surface area contributed by atoms with Gasteiger partial charge in [-0.25, -0.2) is 4.85 Å². The van der Waals surface area contributed by atoms with E-state index in [1.165, 1.54) is 7.11 Å². The van der Waals surface area contributed by atoms with E-state index in [4.69, 9.17) is 6.57 Å². The second kappa shape index (κ2) is 4.53. The van der Waals surface area contributed by atoms with Crippen molar-refractivity contribution in [2.45, 2.75) is 0 Å². The van der Waals surface area contributed by atoms with Gasteiger partial charge in [0.1, 0.15) is 0 Å². The summed E-state index contributed by atoms with van der Waals surface area (Å²) >= 11 is 0. The molecule has 0 saturated heterocycles. The lowest BCUT2D eigenvalue weighted by molar-refractivity contribution is -0.148. The molecule has 10 heavy (non-hydrogen) atoms. The number of esters is 1. The Labute approximate surface area is 58.9 Å². The van der Waals surface area contributed by atoms with Gasteiger partial charge in [-0.15, -0.1) is 0 Å². The highest BCUT2D eigenvalue weighted by Gasteiger charge is 2.06. The summed E-state index contributed by atoms with van der Waals surface area (Å²) in [5.74, 6) is -0.739. The highest BCUT2D eigenvalue weighted by Crippen LogP contribution is 1.94. The van der Waals surface area contributed by atoms with Gasteiger partial charge in [0.25, 0.3) is 5.70 Å². The number of rotatable bonds is 3. The molecule has 0 fully saturated rings. The Morgan fingerprint density at radius 1 is 1.80 bits per heavy atom. The molecule has 0 aliphatic heterocycles. The van der Waals surface area contributed by atoms with E-state index in [1.54, 1.807) is 0 Å². The topological polar surface area (TPSA) is 39.9 Å². The average Bonchev–Trinajstić information content (AvgIpc) is 1.98. The van der Waals surface area contributed by atoms with Gasteiger partial charge in [0.15, 0.2) is 6.79 Å². The van der Waals surface area contributed by atoms with Crippen LogP contribution < -0.4 is 0 Å². The Bertz CT molecular complexity index is 180. The molecule has 0 atom stereocenters. The fourth-order valence-electron chi connectivity index (χ4n) is 0.241. The molecule has 0 heterocycles. The molecule has 0 bridgehead atoms. The fraction of sp³-hybridized carbons (Fsp3) is 0.333. The Morgan fingerprint density at radius 3 is 2.80 bits per heavy atom. The Balaban J connectivity index is 3.66. The van der Waals surface area contributed by atoms with Crippen LogP contribution in [0.1, 0.15) is 0 Å². The van der Waals surface area contributed by atoms with Crippen LogP contribution >= 0.6 is 0 Å². The average molecular weight is 141 g/mol. The SMILES string of the molecule is [C-]#[N+]C(=C)C(=O)OCOC. The summed E-state index contributed by atoms with van der Waals surface area (Å²) in [5, 5.41) is 0. The van der Waals surface area contributed by atoms with Crippen molar-refractivity contribution >= 4 is 5.97 Å². The van der Waals surface area contributed by atoms with Crippen molar-refractivity contribution in [2.75, 3.05) is 13.9 Å². The van der Waals surface area contributed by atoms with Crippen LogP contribution in [0, 0.1) is 6.57 Å². The van der Waals surface area contributed by atoms with E-state index < -0.39 is 5.97 Å². The van der Waals surface area contributed by atoms with Crippen molar-refractivity contribution < 1.29 is 14.3 Å². The van der Waals surface area contributed by atoms with Gasteiger partial charge in [-0.05, 0) is 0 Å². The lowest BCUT2D eigenvalue weighted by Crippen LogP contribution is -2.06. The molecule has 0 aromatic carbocycles. The molecule has 0 radical (unpaired) electrons. The van der Waals surface area contributed by atoms with E-state index in [9.17, 15) is 4.79 Å². The number of carbonyl (C=O) groups is 1. The van der Waals surface area contributed by atoms with Crippen molar-refractivity contribution in [2.24, 2.45) is 0 Å². The molecule has 0 unspecified atom stereocenters. The molecule has 0 aromatic heterocycles. The summed E-state index contributed by atoms with van der Waals surface area (Å²) in [6, 6.07) is 0. The van der Waals surface area contributed by atoms with Crippen molar-refractivity contribution in [3.05, 3.63) is 23.7 Å². The lowest BCUT2D eigenvalue weighted by Gasteiger charge is -1.98. The molecule has 0 spiro atoms. The molecule has 4 nitrogen and oxygen atoms in total. The molecule has 54 valence electrons. The Morgan fingerprint density at radius 2 is 2.40 bits per heavy atom. The second-order valence-electron chi connectivity index (χ2n) is 1.40. The van der Waals surface area contributed by atoms with Crippen LogP contribution in [0.4, 0.5) is 0 Å². The van der Waals surface area contributed by atoms with Gasteiger partial charge in [0.05, 0.1) is 6.57 Å². The second-order valence-corrected chi connectivity index (χ2v) is 1.40. The summed E-state index contributed by atoms with van der Waals surface area (Å²) in [6.07, 6.45) is 0. The van der Waals surface area contributed by atoms with Gasteiger partial charge in [-0.3, -0.25) is 4.79 Å². The van der Waals surface area contributed by atoms with E-state index in [0.717, 1.165) is 0 Å². The zero-order valence-corrected chi connectivity index (χ0v) is 5.59. The summed E-state index contributed by atoms with van der Waals surface area (Å²) in [4.78, 5) is 13.3. The molecule has 0 rings (SSSR count).